The molecule has 6 heteroatoms. The highest BCUT2D eigenvalue weighted by Crippen LogP contribution is 2.33. The Morgan fingerprint density at radius 1 is 1.44 bits per heavy atom. The number of rotatable bonds is 2. The Labute approximate surface area is 113 Å². The van der Waals surface area contributed by atoms with Crippen LogP contribution in [0.1, 0.15) is 22.6 Å². The second kappa shape index (κ2) is 4.56. The first-order valence-electron chi connectivity index (χ1n) is 5.58. The van der Waals surface area contributed by atoms with Gasteiger partial charge in [-0.1, -0.05) is 11.6 Å². The lowest BCUT2D eigenvalue weighted by atomic mass is 10.3. The molecule has 0 atom stereocenters. The molecule has 0 aromatic carbocycles. The first-order valence-corrected chi connectivity index (χ1v) is 6.77. The van der Waals surface area contributed by atoms with Gasteiger partial charge in [-0.05, 0) is 25.3 Å². The van der Waals surface area contributed by atoms with E-state index in [-0.39, 0.29) is 0 Å². The second-order valence-electron chi connectivity index (χ2n) is 4.00. The van der Waals surface area contributed by atoms with Crippen LogP contribution in [-0.4, -0.2) is 9.97 Å². The molecule has 0 unspecified atom stereocenters. The van der Waals surface area contributed by atoms with Crippen molar-refractivity contribution in [1.29, 1.82) is 5.26 Å². The zero-order chi connectivity index (χ0) is 12.5. The van der Waals surface area contributed by atoms with E-state index in [0.29, 0.717) is 16.4 Å². The van der Waals surface area contributed by atoms with E-state index in [4.69, 9.17) is 16.9 Å². The highest BCUT2D eigenvalue weighted by molar-refractivity contribution is 7.15. The van der Waals surface area contributed by atoms with Crippen molar-refractivity contribution in [2.75, 3.05) is 5.32 Å². The van der Waals surface area contributed by atoms with Crippen LogP contribution in [0.3, 0.4) is 0 Å². The molecule has 18 heavy (non-hydrogen) atoms. The Morgan fingerprint density at radius 2 is 2.33 bits per heavy atom. The summed E-state index contributed by atoms with van der Waals surface area (Å²) in [6.45, 7) is 0. The smallest absolute Gasteiger partial charge is 0.188 e. The maximum atomic E-state index is 8.90. The minimum Gasteiger partial charge on any atom is -0.315 e. The van der Waals surface area contributed by atoms with Crippen LogP contribution in [0.15, 0.2) is 12.3 Å². The fourth-order valence-corrected chi connectivity index (χ4v) is 3.21. The van der Waals surface area contributed by atoms with Gasteiger partial charge in [-0.3, -0.25) is 0 Å². The molecule has 0 radical (unpaired) electrons. The van der Waals surface area contributed by atoms with E-state index in [9.17, 15) is 0 Å². The number of nitrogens with one attached hydrogen (secondary N) is 1. The van der Waals surface area contributed by atoms with Crippen LogP contribution >= 0.6 is 22.9 Å². The molecule has 0 saturated heterocycles. The predicted octanol–water partition coefficient (Wildman–Crippen LogP) is 3.30. The molecule has 0 bridgehead atoms. The molecule has 0 amide bonds. The summed E-state index contributed by atoms with van der Waals surface area (Å²) in [5, 5.41) is 13.1. The first kappa shape index (κ1) is 11.5. The Hall–Kier alpha value is -1.64. The number of aryl methyl sites for hydroxylation is 2. The molecule has 0 aliphatic heterocycles. The van der Waals surface area contributed by atoms with Crippen molar-refractivity contribution in [3.05, 3.63) is 33.4 Å². The molecule has 0 spiro atoms. The topological polar surface area (TPSA) is 61.6 Å². The number of aromatic nitrogens is 2. The maximum Gasteiger partial charge on any atom is 0.188 e. The zero-order valence-electron chi connectivity index (χ0n) is 9.40. The number of nitrogens with zero attached hydrogens (tertiary/aromatic N) is 3. The van der Waals surface area contributed by atoms with Gasteiger partial charge in [-0.15, -0.1) is 11.3 Å². The van der Waals surface area contributed by atoms with Gasteiger partial charge in [0.05, 0.1) is 11.3 Å². The Balaban J connectivity index is 1.90. The molecule has 1 aliphatic rings. The van der Waals surface area contributed by atoms with Gasteiger partial charge in [0, 0.05) is 11.1 Å². The third kappa shape index (κ3) is 1.94. The van der Waals surface area contributed by atoms with Crippen molar-refractivity contribution < 1.29 is 0 Å². The first-order chi connectivity index (χ1) is 8.78. The van der Waals surface area contributed by atoms with E-state index in [2.05, 4.69) is 15.3 Å². The van der Waals surface area contributed by atoms with E-state index >= 15 is 0 Å². The monoisotopic (exact) mass is 276 g/mol. The zero-order valence-corrected chi connectivity index (χ0v) is 11.0. The van der Waals surface area contributed by atoms with Crippen molar-refractivity contribution in [2.24, 2.45) is 0 Å². The predicted molar refractivity (Wildman–Crippen MR) is 71.4 cm³/mol. The average molecular weight is 277 g/mol. The van der Waals surface area contributed by atoms with Crippen molar-refractivity contribution in [1.82, 2.24) is 9.97 Å². The lowest BCUT2D eigenvalue weighted by Crippen LogP contribution is -1.95. The summed E-state index contributed by atoms with van der Waals surface area (Å²) < 4.78 is 0. The summed E-state index contributed by atoms with van der Waals surface area (Å²) in [6, 6.07) is 3.62. The van der Waals surface area contributed by atoms with Crippen LogP contribution in [0.5, 0.6) is 0 Å². The van der Waals surface area contributed by atoms with E-state index in [1.807, 2.05) is 6.07 Å². The SMILES string of the molecule is N#Cc1ccnc(Nc2nc3c(s2)CCC3)c1Cl. The molecule has 90 valence electrons. The lowest BCUT2D eigenvalue weighted by molar-refractivity contribution is 0.900. The van der Waals surface area contributed by atoms with Crippen LogP contribution in [-0.2, 0) is 12.8 Å². The molecule has 2 aromatic heterocycles. The largest absolute Gasteiger partial charge is 0.315 e. The van der Waals surface area contributed by atoms with Gasteiger partial charge in [0.1, 0.15) is 11.1 Å². The number of hydrogen-bond donors (Lipinski definition) is 1. The van der Waals surface area contributed by atoms with E-state index in [1.165, 1.54) is 17.0 Å². The maximum absolute atomic E-state index is 8.90. The van der Waals surface area contributed by atoms with Gasteiger partial charge < -0.3 is 5.32 Å². The summed E-state index contributed by atoms with van der Waals surface area (Å²) in [7, 11) is 0. The molecule has 0 saturated carbocycles. The van der Waals surface area contributed by atoms with Gasteiger partial charge in [-0.25, -0.2) is 9.97 Å². The number of thiazole rings is 1. The van der Waals surface area contributed by atoms with E-state index < -0.39 is 0 Å². The van der Waals surface area contributed by atoms with Crippen LogP contribution in [0.2, 0.25) is 5.02 Å². The van der Waals surface area contributed by atoms with Crippen LogP contribution in [0.25, 0.3) is 0 Å². The third-order valence-electron chi connectivity index (χ3n) is 2.83. The van der Waals surface area contributed by atoms with Crippen LogP contribution in [0.4, 0.5) is 10.9 Å². The molecule has 0 fully saturated rings. The lowest BCUT2D eigenvalue weighted by Gasteiger charge is -2.04. The fourth-order valence-electron chi connectivity index (χ4n) is 1.96. The van der Waals surface area contributed by atoms with Gasteiger partial charge >= 0.3 is 0 Å². The molecule has 2 aromatic rings. The van der Waals surface area contributed by atoms with Crippen molar-refractivity contribution in [3.63, 3.8) is 0 Å². The third-order valence-corrected chi connectivity index (χ3v) is 4.29. The number of nitriles is 1. The van der Waals surface area contributed by atoms with Gasteiger partial charge in [0.25, 0.3) is 0 Å². The van der Waals surface area contributed by atoms with Crippen molar-refractivity contribution >= 4 is 33.9 Å². The number of pyridine rings is 1. The van der Waals surface area contributed by atoms with Gasteiger partial charge in [0.15, 0.2) is 10.9 Å². The summed E-state index contributed by atoms with van der Waals surface area (Å²) in [4.78, 5) is 9.98. The number of hydrogen-bond acceptors (Lipinski definition) is 5. The summed E-state index contributed by atoms with van der Waals surface area (Å²) in [5.74, 6) is 0.489. The summed E-state index contributed by atoms with van der Waals surface area (Å²) >= 11 is 7.72. The van der Waals surface area contributed by atoms with E-state index in [0.717, 1.165) is 18.0 Å². The number of anilines is 2. The Morgan fingerprint density at radius 3 is 3.11 bits per heavy atom. The quantitative estimate of drug-likeness (QED) is 0.914. The van der Waals surface area contributed by atoms with Crippen LogP contribution < -0.4 is 5.32 Å². The molecular formula is C12H9ClN4S. The molecule has 1 N–H and O–H groups in total. The molecule has 3 rings (SSSR count). The molecular weight excluding hydrogens is 268 g/mol. The molecule has 4 nitrogen and oxygen atoms in total. The number of halogens is 1. The fraction of sp³-hybridized carbons (Fsp3) is 0.250. The molecule has 2 heterocycles. The number of fused-ring (bicyclic) bond motifs is 1. The van der Waals surface area contributed by atoms with Gasteiger partial charge in [-0.2, -0.15) is 5.26 Å². The second-order valence-corrected chi connectivity index (χ2v) is 5.46. The minimum absolute atomic E-state index is 0.343. The van der Waals surface area contributed by atoms with Crippen molar-refractivity contribution in [2.45, 2.75) is 19.3 Å². The normalized spacial score (nSPS) is 13.1. The highest BCUT2D eigenvalue weighted by Gasteiger charge is 2.17. The van der Waals surface area contributed by atoms with Crippen molar-refractivity contribution in [3.8, 4) is 6.07 Å². The Kier molecular flexibility index (Phi) is 2.90. The Bertz CT molecular complexity index is 623. The summed E-state index contributed by atoms with van der Waals surface area (Å²) in [6.07, 6.45) is 4.91. The van der Waals surface area contributed by atoms with Gasteiger partial charge in [0.2, 0.25) is 0 Å². The highest BCUT2D eigenvalue weighted by atomic mass is 35.5. The van der Waals surface area contributed by atoms with Crippen LogP contribution in [0, 0.1) is 11.3 Å². The minimum atomic E-state index is 0.343. The standard InChI is InChI=1S/C12H9ClN4S/c13-10-7(6-14)4-5-15-11(10)17-12-16-8-2-1-3-9(8)18-12/h4-5H,1-3H2,(H,15,16,17). The molecule has 1 aliphatic carbocycles. The average Bonchev–Trinajstić information content (AvgIpc) is 2.92. The van der Waals surface area contributed by atoms with E-state index in [1.54, 1.807) is 23.6 Å². The summed E-state index contributed by atoms with van der Waals surface area (Å²) in [5.41, 5.74) is 1.59.